The second-order valence-electron chi connectivity index (χ2n) is 7.68. The number of carboxylic acids is 1. The molecule has 35 heavy (non-hydrogen) atoms. The smallest absolute Gasteiger partial charge is 0.415 e. The number of morpholine rings is 1. The van der Waals surface area contributed by atoms with Crippen molar-refractivity contribution < 1.29 is 32.6 Å². The summed E-state index contributed by atoms with van der Waals surface area (Å²) in [6.45, 7) is 5.85. The molecule has 190 valence electrons. The Kier molecular flexibility index (Phi) is 8.95. The number of carbonyl (C=O) groups excluding carboxylic acids is 1. The molecular formula is C22H29N5O7S. The minimum atomic E-state index is -3.82. The normalized spacial score (nSPS) is 15.0. The molecule has 3 rings (SSSR count). The number of ether oxygens (including phenoxy) is 2. The zero-order chi connectivity index (χ0) is 25.4. The Morgan fingerprint density at radius 3 is 2.43 bits per heavy atom. The number of anilines is 1. The van der Waals surface area contributed by atoms with Gasteiger partial charge in [-0.2, -0.15) is 4.31 Å². The highest BCUT2D eigenvalue weighted by Crippen LogP contribution is 2.19. The number of nitrogens with one attached hydrogen (secondary N) is 1. The second kappa shape index (κ2) is 11.9. The molecule has 1 saturated heterocycles. The van der Waals surface area contributed by atoms with Gasteiger partial charge in [-0.05, 0) is 17.7 Å². The van der Waals surface area contributed by atoms with Gasteiger partial charge in [-0.3, -0.25) is 0 Å². The quantitative estimate of drug-likeness (QED) is 0.452. The number of amides is 1. The number of hydrogen-bond donors (Lipinski definition) is 2. The van der Waals surface area contributed by atoms with E-state index in [1.54, 1.807) is 43.0 Å². The largest absolute Gasteiger partial charge is 0.480 e. The molecule has 1 unspecified atom stereocenters. The Morgan fingerprint density at radius 1 is 1.17 bits per heavy atom. The topological polar surface area (TPSA) is 151 Å². The number of hydrogen-bond acceptors (Lipinski definition) is 9. The lowest BCUT2D eigenvalue weighted by Crippen LogP contribution is -2.42. The Bertz CT molecular complexity index is 1120. The summed E-state index contributed by atoms with van der Waals surface area (Å²) in [5, 5.41) is 12.2. The maximum atomic E-state index is 12.7. The van der Waals surface area contributed by atoms with Crippen molar-refractivity contribution in [3.8, 4) is 5.75 Å². The van der Waals surface area contributed by atoms with Gasteiger partial charge in [-0.25, -0.2) is 28.0 Å². The van der Waals surface area contributed by atoms with Crippen LogP contribution < -0.4 is 10.1 Å². The summed E-state index contributed by atoms with van der Waals surface area (Å²) in [5.74, 6) is -0.721. The fourth-order valence-corrected chi connectivity index (χ4v) is 4.86. The van der Waals surface area contributed by atoms with Crippen molar-refractivity contribution in [2.24, 2.45) is 0 Å². The monoisotopic (exact) mass is 507 g/mol. The maximum absolute atomic E-state index is 12.7. The van der Waals surface area contributed by atoms with Crippen LogP contribution in [-0.2, 0) is 26.0 Å². The van der Waals surface area contributed by atoms with Crippen molar-refractivity contribution in [1.29, 1.82) is 0 Å². The molecule has 2 N–H and O–H groups in total. The van der Waals surface area contributed by atoms with E-state index in [2.05, 4.69) is 15.3 Å². The van der Waals surface area contributed by atoms with Crippen LogP contribution in [0.2, 0.25) is 0 Å². The van der Waals surface area contributed by atoms with Crippen LogP contribution in [0.5, 0.6) is 5.75 Å². The Balaban J connectivity index is 1.67. The summed E-state index contributed by atoms with van der Waals surface area (Å²) in [5.41, 5.74) is 0.668. The van der Waals surface area contributed by atoms with Crippen molar-refractivity contribution in [3.05, 3.63) is 42.2 Å². The first-order chi connectivity index (χ1) is 16.7. The van der Waals surface area contributed by atoms with Crippen LogP contribution >= 0.6 is 0 Å². The summed E-state index contributed by atoms with van der Waals surface area (Å²) in [6.07, 6.45) is 0.690. The number of aromatic nitrogens is 2. The first-order valence-electron chi connectivity index (χ1n) is 11.2. The van der Waals surface area contributed by atoms with Gasteiger partial charge in [-0.1, -0.05) is 26.0 Å². The number of nitrogens with zero attached hydrogens (tertiary/aromatic N) is 4. The zero-order valence-electron chi connectivity index (χ0n) is 19.6. The van der Waals surface area contributed by atoms with Crippen LogP contribution in [-0.4, -0.2) is 90.2 Å². The molecule has 1 atom stereocenters. The molecule has 2 aromatic rings. The minimum Gasteiger partial charge on any atom is -0.480 e. The zero-order valence-corrected chi connectivity index (χ0v) is 20.4. The van der Waals surface area contributed by atoms with Crippen molar-refractivity contribution in [2.75, 3.05) is 44.7 Å². The fraction of sp³-hybridized carbons (Fsp3) is 0.455. The van der Waals surface area contributed by atoms with Crippen LogP contribution in [0.25, 0.3) is 0 Å². The Morgan fingerprint density at radius 2 is 1.83 bits per heavy atom. The van der Waals surface area contributed by atoms with Crippen molar-refractivity contribution in [1.82, 2.24) is 19.2 Å². The number of carboxylic acid groups (broad SMARTS) is 1. The third kappa shape index (κ3) is 6.87. The van der Waals surface area contributed by atoms with Gasteiger partial charge in [-0.15, -0.1) is 0 Å². The highest BCUT2D eigenvalue weighted by atomic mass is 32.2. The summed E-state index contributed by atoms with van der Waals surface area (Å²) in [4.78, 5) is 33.4. The molecule has 0 saturated carbocycles. The van der Waals surface area contributed by atoms with E-state index in [1.807, 2.05) is 0 Å². The van der Waals surface area contributed by atoms with Crippen molar-refractivity contribution in [2.45, 2.75) is 31.3 Å². The third-order valence-corrected chi connectivity index (χ3v) is 7.36. The Labute approximate surface area is 203 Å². The van der Waals surface area contributed by atoms with Crippen LogP contribution in [0.4, 0.5) is 10.6 Å². The first kappa shape index (κ1) is 26.3. The highest BCUT2D eigenvalue weighted by Gasteiger charge is 2.25. The standard InChI is InChI=1S/C22H29N5O7S/c1-3-27(4-2)35(31,32)20-14-19(23-15-24-20)25-18(21(28)29)13-16-5-7-17(8-6-16)34-22(30)26-9-11-33-12-10-26/h5-8,14-15,18H,3-4,9-13H2,1-2H3,(H,28,29)(H,23,24,25). The minimum absolute atomic E-state index is 0.0780. The van der Waals surface area contributed by atoms with E-state index in [-0.39, 0.29) is 30.4 Å². The lowest BCUT2D eigenvalue weighted by atomic mass is 10.1. The van der Waals surface area contributed by atoms with E-state index < -0.39 is 28.1 Å². The maximum Gasteiger partial charge on any atom is 0.415 e. The molecule has 1 aromatic heterocycles. The molecule has 0 radical (unpaired) electrons. The molecule has 0 bridgehead atoms. The van der Waals surface area contributed by atoms with Crippen molar-refractivity contribution >= 4 is 27.9 Å². The highest BCUT2D eigenvalue weighted by molar-refractivity contribution is 7.89. The molecule has 1 amide bonds. The van der Waals surface area contributed by atoms with Gasteiger partial charge in [0, 0.05) is 38.7 Å². The summed E-state index contributed by atoms with van der Waals surface area (Å²) in [7, 11) is -3.82. The van der Waals surface area contributed by atoms with E-state index >= 15 is 0 Å². The third-order valence-electron chi connectivity index (χ3n) is 5.41. The lowest BCUT2D eigenvalue weighted by molar-refractivity contribution is -0.137. The fourth-order valence-electron chi connectivity index (χ4n) is 3.47. The van der Waals surface area contributed by atoms with Gasteiger partial charge >= 0.3 is 12.1 Å². The molecule has 2 heterocycles. The predicted molar refractivity (Wildman–Crippen MR) is 126 cm³/mol. The lowest BCUT2D eigenvalue weighted by Gasteiger charge is -2.25. The number of carbonyl (C=O) groups is 2. The van der Waals surface area contributed by atoms with Crippen LogP contribution in [0.3, 0.4) is 0 Å². The average molecular weight is 508 g/mol. The van der Waals surface area contributed by atoms with Gasteiger partial charge in [0.2, 0.25) is 0 Å². The van der Waals surface area contributed by atoms with Gasteiger partial charge in [0.1, 0.15) is 23.9 Å². The van der Waals surface area contributed by atoms with Gasteiger partial charge in [0.15, 0.2) is 5.03 Å². The predicted octanol–water partition coefficient (Wildman–Crippen LogP) is 1.45. The van der Waals surface area contributed by atoms with Crippen LogP contribution in [0, 0.1) is 0 Å². The number of benzene rings is 1. The molecule has 13 heteroatoms. The molecule has 0 spiro atoms. The number of sulfonamides is 1. The molecule has 1 aliphatic rings. The van der Waals surface area contributed by atoms with Crippen molar-refractivity contribution in [3.63, 3.8) is 0 Å². The summed E-state index contributed by atoms with van der Waals surface area (Å²) >= 11 is 0. The first-order valence-corrected chi connectivity index (χ1v) is 12.6. The number of aliphatic carboxylic acids is 1. The van der Waals surface area contributed by atoms with Gasteiger partial charge in [0.05, 0.1) is 13.2 Å². The SMILES string of the molecule is CCN(CC)S(=O)(=O)c1cc(NC(Cc2ccc(OC(=O)N3CCOCC3)cc2)C(=O)O)ncn1. The molecule has 12 nitrogen and oxygen atoms in total. The summed E-state index contributed by atoms with van der Waals surface area (Å²) in [6, 6.07) is 6.64. The van der Waals surface area contributed by atoms with Crippen LogP contribution in [0.1, 0.15) is 19.4 Å². The second-order valence-corrected chi connectivity index (χ2v) is 9.57. The van der Waals surface area contributed by atoms with E-state index in [0.29, 0.717) is 37.6 Å². The molecule has 1 aromatic carbocycles. The molecular weight excluding hydrogens is 478 g/mol. The van der Waals surface area contributed by atoms with E-state index in [0.717, 1.165) is 6.33 Å². The van der Waals surface area contributed by atoms with E-state index in [9.17, 15) is 23.1 Å². The molecule has 1 aliphatic heterocycles. The molecule has 1 fully saturated rings. The summed E-state index contributed by atoms with van der Waals surface area (Å²) < 4.78 is 37.3. The van der Waals surface area contributed by atoms with Gasteiger partial charge < -0.3 is 24.8 Å². The average Bonchev–Trinajstić information content (AvgIpc) is 2.86. The van der Waals surface area contributed by atoms with E-state index in [1.165, 1.54) is 10.4 Å². The Hall–Kier alpha value is -3.29. The molecule has 0 aliphatic carbocycles. The van der Waals surface area contributed by atoms with E-state index in [4.69, 9.17) is 9.47 Å². The number of rotatable bonds is 10. The van der Waals surface area contributed by atoms with Gasteiger partial charge in [0.25, 0.3) is 10.0 Å². The van der Waals surface area contributed by atoms with Crippen LogP contribution in [0.15, 0.2) is 41.7 Å².